The minimum absolute atomic E-state index is 0. The van der Waals surface area contributed by atoms with Crippen molar-refractivity contribution in [2.75, 3.05) is 18.1 Å². The van der Waals surface area contributed by atoms with Crippen LogP contribution in [0.25, 0.3) is 0 Å². The van der Waals surface area contributed by atoms with E-state index in [9.17, 15) is 0 Å². The summed E-state index contributed by atoms with van der Waals surface area (Å²) in [7, 11) is 0. The van der Waals surface area contributed by atoms with Gasteiger partial charge in [-0.25, -0.2) is 0 Å². The van der Waals surface area contributed by atoms with E-state index in [1.807, 2.05) is 0 Å². The molecule has 2 N–H and O–H groups in total. The van der Waals surface area contributed by atoms with Gasteiger partial charge in [0.15, 0.2) is 0 Å². The molecule has 1 atom stereocenters. The number of thioether (sulfide) groups is 1. The van der Waals surface area contributed by atoms with Gasteiger partial charge in [-0.3, -0.25) is 0 Å². The smallest absolute Gasteiger partial charge is 0.0861 e. The summed E-state index contributed by atoms with van der Waals surface area (Å²) in [4.78, 5) is 0. The van der Waals surface area contributed by atoms with Gasteiger partial charge >= 0.3 is 0 Å². The third-order valence-corrected chi connectivity index (χ3v) is 1.57. The predicted octanol–water partition coefficient (Wildman–Crippen LogP) is -0.0956. The van der Waals surface area contributed by atoms with E-state index >= 15 is 0 Å². The SMILES string of the molecule is [CH2]CSCC(O)CO.[Hg]. The Kier molecular flexibility index (Phi) is 13.1. The summed E-state index contributed by atoms with van der Waals surface area (Å²) >= 11 is 1.52. The predicted molar refractivity (Wildman–Crippen MR) is 35.8 cm³/mol. The van der Waals surface area contributed by atoms with E-state index in [1.165, 1.54) is 11.8 Å². The van der Waals surface area contributed by atoms with E-state index in [0.29, 0.717) is 5.75 Å². The van der Waals surface area contributed by atoms with E-state index in [4.69, 9.17) is 10.2 Å². The van der Waals surface area contributed by atoms with E-state index in [1.54, 1.807) is 0 Å². The first-order valence-corrected chi connectivity index (χ1v) is 3.62. The van der Waals surface area contributed by atoms with Crippen molar-refractivity contribution < 1.29 is 37.9 Å². The third-order valence-electron chi connectivity index (χ3n) is 0.665. The van der Waals surface area contributed by atoms with Crippen molar-refractivity contribution in [3.63, 3.8) is 0 Å². The molecule has 1 radical (unpaired) electrons. The summed E-state index contributed by atoms with van der Waals surface area (Å²) in [6.07, 6.45) is -0.568. The maximum atomic E-state index is 8.69. The van der Waals surface area contributed by atoms with E-state index < -0.39 is 6.10 Å². The van der Waals surface area contributed by atoms with Crippen LogP contribution in [0.1, 0.15) is 0 Å². The second-order valence-electron chi connectivity index (χ2n) is 1.41. The minimum Gasteiger partial charge on any atom is -0.394 e. The van der Waals surface area contributed by atoms with Gasteiger partial charge in [0.25, 0.3) is 0 Å². The zero-order chi connectivity index (χ0) is 6.41. The quantitative estimate of drug-likeness (QED) is 0.705. The van der Waals surface area contributed by atoms with Crippen LogP contribution in [-0.2, 0) is 27.7 Å². The molecule has 0 amide bonds. The summed E-state index contributed by atoms with van der Waals surface area (Å²) in [5, 5.41) is 17.0. The summed E-state index contributed by atoms with van der Waals surface area (Å²) in [5.74, 6) is 1.33. The Morgan fingerprint density at radius 3 is 2.44 bits per heavy atom. The summed E-state index contributed by atoms with van der Waals surface area (Å²) in [6, 6.07) is 0. The second kappa shape index (κ2) is 9.21. The summed E-state index contributed by atoms with van der Waals surface area (Å²) < 4.78 is 0. The van der Waals surface area contributed by atoms with Crippen LogP contribution in [0, 0.1) is 6.92 Å². The molecule has 0 aromatic carbocycles. The van der Waals surface area contributed by atoms with Gasteiger partial charge < -0.3 is 10.2 Å². The van der Waals surface area contributed by atoms with Crippen LogP contribution >= 0.6 is 11.8 Å². The Labute approximate surface area is 80.5 Å². The zero-order valence-electron chi connectivity index (χ0n) is 5.42. The molecule has 0 aliphatic carbocycles. The molecule has 4 heteroatoms. The van der Waals surface area contributed by atoms with Crippen LogP contribution < -0.4 is 0 Å². The molecule has 0 saturated heterocycles. The molecule has 0 aliphatic heterocycles. The normalized spacial score (nSPS) is 12.3. The van der Waals surface area contributed by atoms with Crippen LogP contribution in [0.4, 0.5) is 0 Å². The van der Waals surface area contributed by atoms with Crippen molar-refractivity contribution in [1.29, 1.82) is 0 Å². The largest absolute Gasteiger partial charge is 0.394 e. The first-order valence-electron chi connectivity index (χ1n) is 2.47. The summed E-state index contributed by atoms with van der Waals surface area (Å²) in [5.41, 5.74) is 0. The fourth-order valence-corrected chi connectivity index (χ4v) is 0.816. The van der Waals surface area contributed by atoms with Crippen LogP contribution in [0.5, 0.6) is 0 Å². The van der Waals surface area contributed by atoms with Gasteiger partial charge in [-0.1, -0.05) is 0 Å². The molecule has 0 saturated carbocycles. The number of rotatable bonds is 4. The molecular formula is C5H11HgO2S. The molecule has 51 valence electrons. The Bertz CT molecular complexity index is 54.2. The average molecular weight is 336 g/mol. The fourth-order valence-electron chi connectivity index (χ4n) is 0.272. The molecule has 1 unspecified atom stereocenters. The fraction of sp³-hybridized carbons (Fsp3) is 0.800. The summed E-state index contributed by atoms with van der Waals surface area (Å²) in [6.45, 7) is 3.42. The van der Waals surface area contributed by atoms with E-state index in [-0.39, 0.29) is 34.3 Å². The molecule has 0 aromatic heterocycles. The monoisotopic (exact) mass is 337 g/mol. The molecule has 2 nitrogen and oxygen atoms in total. The molecule has 0 bridgehead atoms. The van der Waals surface area contributed by atoms with Gasteiger partial charge in [-0.15, -0.1) is 0 Å². The van der Waals surface area contributed by atoms with Crippen molar-refractivity contribution in [1.82, 2.24) is 0 Å². The van der Waals surface area contributed by atoms with Crippen LogP contribution in [-0.4, -0.2) is 34.4 Å². The molecule has 9 heavy (non-hydrogen) atoms. The molecule has 0 spiro atoms. The minimum atomic E-state index is -0.568. The molecule has 0 aromatic rings. The molecular weight excluding hydrogens is 325 g/mol. The number of aliphatic hydroxyl groups is 2. The number of hydrogen-bond acceptors (Lipinski definition) is 3. The van der Waals surface area contributed by atoms with Gasteiger partial charge in [0, 0.05) is 33.4 Å². The standard InChI is InChI=1S/C5H11O2S.Hg/c1-2-8-4-5(7)3-6;/h5-7H,1-4H2;. The van der Waals surface area contributed by atoms with Gasteiger partial charge in [0.2, 0.25) is 0 Å². The van der Waals surface area contributed by atoms with Gasteiger partial charge in [-0.2, -0.15) is 11.8 Å². The van der Waals surface area contributed by atoms with Crippen molar-refractivity contribution in [3.8, 4) is 0 Å². The van der Waals surface area contributed by atoms with Crippen molar-refractivity contribution in [2.45, 2.75) is 6.10 Å². The Balaban J connectivity index is 0. The second-order valence-corrected chi connectivity index (χ2v) is 2.56. The van der Waals surface area contributed by atoms with Gasteiger partial charge in [0.05, 0.1) is 12.7 Å². The van der Waals surface area contributed by atoms with Crippen molar-refractivity contribution in [3.05, 3.63) is 6.92 Å². The van der Waals surface area contributed by atoms with Crippen molar-refractivity contribution in [2.24, 2.45) is 0 Å². The zero-order valence-corrected chi connectivity index (χ0v) is 11.7. The molecule has 0 aliphatic rings. The number of hydrogen-bond donors (Lipinski definition) is 2. The molecule has 0 heterocycles. The number of aliphatic hydroxyl groups excluding tert-OH is 2. The average Bonchev–Trinajstić information content (AvgIpc) is 1.83. The maximum absolute atomic E-state index is 8.69. The molecule has 0 fully saturated rings. The van der Waals surface area contributed by atoms with Crippen LogP contribution in [0.3, 0.4) is 0 Å². The maximum Gasteiger partial charge on any atom is 0.0861 e. The first-order chi connectivity index (χ1) is 3.81. The van der Waals surface area contributed by atoms with E-state index in [2.05, 4.69) is 6.92 Å². The van der Waals surface area contributed by atoms with E-state index in [0.717, 1.165) is 5.75 Å². The van der Waals surface area contributed by atoms with Gasteiger partial charge in [-0.05, 0) is 12.7 Å². The van der Waals surface area contributed by atoms with Gasteiger partial charge in [0.1, 0.15) is 0 Å². The third kappa shape index (κ3) is 9.21. The van der Waals surface area contributed by atoms with Crippen molar-refractivity contribution >= 4 is 11.8 Å². The van der Waals surface area contributed by atoms with Crippen LogP contribution in [0.2, 0.25) is 0 Å². The first kappa shape index (κ1) is 12.8. The Hall–Kier alpha value is 1.21. The Morgan fingerprint density at radius 1 is 1.56 bits per heavy atom. The van der Waals surface area contributed by atoms with Crippen LogP contribution in [0.15, 0.2) is 0 Å². The Morgan fingerprint density at radius 2 is 2.11 bits per heavy atom. The molecule has 0 rings (SSSR count). The topological polar surface area (TPSA) is 40.5 Å².